The number of amides is 2. The summed E-state index contributed by atoms with van der Waals surface area (Å²) >= 11 is 1.04. The van der Waals surface area contributed by atoms with E-state index in [0.29, 0.717) is 27.8 Å². The van der Waals surface area contributed by atoms with E-state index in [1.54, 1.807) is 56.6 Å². The number of nitrogens with zero attached hydrogens (tertiary/aromatic N) is 2. The molecule has 0 aliphatic carbocycles. The molecule has 1 aromatic heterocycles. The summed E-state index contributed by atoms with van der Waals surface area (Å²) in [5.74, 6) is 0.0432. The van der Waals surface area contributed by atoms with Gasteiger partial charge in [-0.3, -0.25) is 9.59 Å². The number of oxazole rings is 1. The summed E-state index contributed by atoms with van der Waals surface area (Å²) in [5, 5.41) is 2.68. The molecule has 2 aromatic carbocycles. The topological polar surface area (TPSA) is 75.4 Å². The zero-order chi connectivity index (χ0) is 20.8. The minimum Gasteiger partial charge on any atom is -0.441 e. The number of halogens is 1. The molecule has 0 atom stereocenters. The highest BCUT2D eigenvalue weighted by Gasteiger charge is 2.14. The van der Waals surface area contributed by atoms with Crippen molar-refractivity contribution >= 4 is 28.6 Å². The van der Waals surface area contributed by atoms with Crippen molar-refractivity contribution in [2.24, 2.45) is 0 Å². The first-order chi connectivity index (χ1) is 13.9. The number of rotatable bonds is 6. The molecule has 0 aliphatic rings. The Hall–Kier alpha value is -3.13. The number of anilines is 1. The smallest absolute Gasteiger partial charge is 0.286 e. The summed E-state index contributed by atoms with van der Waals surface area (Å²) in [7, 11) is 3.34. The van der Waals surface area contributed by atoms with E-state index in [2.05, 4.69) is 10.3 Å². The van der Waals surface area contributed by atoms with Crippen molar-refractivity contribution in [1.29, 1.82) is 0 Å². The van der Waals surface area contributed by atoms with E-state index in [-0.39, 0.29) is 24.0 Å². The fraction of sp³-hybridized carbons (Fsp3) is 0.190. The molecule has 29 heavy (non-hydrogen) atoms. The lowest BCUT2D eigenvalue weighted by atomic mass is 10.2. The van der Waals surface area contributed by atoms with Crippen molar-refractivity contribution < 1.29 is 18.4 Å². The molecule has 0 aliphatic heterocycles. The Bertz CT molecular complexity index is 1020. The van der Waals surface area contributed by atoms with Crippen LogP contribution in [0.3, 0.4) is 0 Å². The number of thioether (sulfide) groups is 1. The van der Waals surface area contributed by atoms with Crippen LogP contribution in [0.25, 0.3) is 11.3 Å². The summed E-state index contributed by atoms with van der Waals surface area (Å²) in [6.07, 6.45) is 1.86. The second-order valence-corrected chi connectivity index (χ2v) is 7.40. The van der Waals surface area contributed by atoms with Crippen LogP contribution in [0.15, 0.2) is 64.0 Å². The van der Waals surface area contributed by atoms with E-state index in [0.717, 1.165) is 11.8 Å². The first kappa shape index (κ1) is 20.6. The molecule has 0 fully saturated rings. The molecule has 0 saturated carbocycles. The van der Waals surface area contributed by atoms with Gasteiger partial charge >= 0.3 is 0 Å². The van der Waals surface area contributed by atoms with E-state index in [1.807, 2.05) is 0 Å². The van der Waals surface area contributed by atoms with Gasteiger partial charge in [-0.1, -0.05) is 24.3 Å². The molecule has 150 valence electrons. The minimum atomic E-state index is -0.394. The van der Waals surface area contributed by atoms with E-state index < -0.39 is 5.82 Å². The van der Waals surface area contributed by atoms with Crippen molar-refractivity contribution in [2.45, 2.75) is 17.7 Å². The van der Waals surface area contributed by atoms with Crippen LogP contribution in [-0.4, -0.2) is 35.1 Å². The van der Waals surface area contributed by atoms with Crippen LogP contribution in [0.2, 0.25) is 0 Å². The predicted octanol–water partition coefficient (Wildman–Crippen LogP) is 4.83. The van der Waals surface area contributed by atoms with Crippen LogP contribution in [-0.2, 0) is 11.2 Å². The van der Waals surface area contributed by atoms with Gasteiger partial charge in [-0.05, 0) is 36.0 Å². The number of aryl methyl sites for hydroxylation is 1. The normalized spacial score (nSPS) is 10.6. The van der Waals surface area contributed by atoms with Gasteiger partial charge in [0.1, 0.15) is 5.82 Å². The maximum absolute atomic E-state index is 13.8. The molecule has 1 heterocycles. The van der Waals surface area contributed by atoms with Gasteiger partial charge in [0, 0.05) is 31.8 Å². The van der Waals surface area contributed by atoms with Crippen LogP contribution in [0.5, 0.6) is 0 Å². The maximum atomic E-state index is 13.8. The number of hydrogen-bond acceptors (Lipinski definition) is 5. The van der Waals surface area contributed by atoms with Crippen LogP contribution in [0, 0.1) is 5.82 Å². The number of hydrogen-bond donors (Lipinski definition) is 1. The highest BCUT2D eigenvalue weighted by molar-refractivity contribution is 8.13. The van der Waals surface area contributed by atoms with E-state index in [9.17, 15) is 14.0 Å². The first-order valence-electron chi connectivity index (χ1n) is 8.91. The molecule has 0 unspecified atom stereocenters. The van der Waals surface area contributed by atoms with Crippen molar-refractivity contribution in [1.82, 2.24) is 9.88 Å². The molecule has 3 rings (SSSR count). The zero-order valence-electron chi connectivity index (χ0n) is 16.0. The number of benzene rings is 2. The molecular weight excluding hydrogens is 393 g/mol. The number of carbonyl (C=O) groups is 2. The third kappa shape index (κ3) is 5.45. The van der Waals surface area contributed by atoms with Gasteiger partial charge in [-0.25, -0.2) is 9.37 Å². The average Bonchev–Trinajstić information content (AvgIpc) is 3.17. The number of nitrogens with one attached hydrogen (secondary N) is 1. The number of aromatic nitrogens is 1. The highest BCUT2D eigenvalue weighted by Crippen LogP contribution is 2.29. The Labute approximate surface area is 172 Å². The van der Waals surface area contributed by atoms with E-state index in [1.165, 1.54) is 17.2 Å². The number of carbonyl (C=O) groups excluding carboxylic acids is 2. The van der Waals surface area contributed by atoms with Crippen LogP contribution in [0.4, 0.5) is 14.9 Å². The van der Waals surface area contributed by atoms with Crippen molar-refractivity contribution in [3.63, 3.8) is 0 Å². The van der Waals surface area contributed by atoms with Gasteiger partial charge in [0.2, 0.25) is 5.91 Å². The van der Waals surface area contributed by atoms with Gasteiger partial charge in [0.25, 0.3) is 5.24 Å². The van der Waals surface area contributed by atoms with E-state index >= 15 is 0 Å². The Balaban J connectivity index is 1.60. The van der Waals surface area contributed by atoms with Crippen LogP contribution >= 0.6 is 11.8 Å². The van der Waals surface area contributed by atoms with Crippen LogP contribution < -0.4 is 5.32 Å². The minimum absolute atomic E-state index is 0.132. The largest absolute Gasteiger partial charge is 0.441 e. The summed E-state index contributed by atoms with van der Waals surface area (Å²) in [6, 6.07) is 13.4. The molecule has 0 radical (unpaired) electrons. The van der Waals surface area contributed by atoms with Gasteiger partial charge in [0.15, 0.2) is 11.7 Å². The quantitative estimate of drug-likeness (QED) is 0.586. The Morgan fingerprint density at radius 2 is 1.86 bits per heavy atom. The SMILES string of the molecule is CN(C)C(=O)Sc1ccccc1NC(=O)CCc1ncc(-c2ccccc2F)o1. The summed E-state index contributed by atoms with van der Waals surface area (Å²) in [5.41, 5.74) is 0.893. The van der Waals surface area contributed by atoms with E-state index in [4.69, 9.17) is 4.42 Å². The molecule has 0 saturated heterocycles. The summed E-state index contributed by atoms with van der Waals surface area (Å²) in [6.45, 7) is 0. The van der Waals surface area contributed by atoms with Crippen molar-refractivity contribution in [2.75, 3.05) is 19.4 Å². The maximum Gasteiger partial charge on any atom is 0.286 e. The van der Waals surface area contributed by atoms with Gasteiger partial charge in [-0.2, -0.15) is 0 Å². The molecule has 8 heteroatoms. The predicted molar refractivity (Wildman–Crippen MR) is 110 cm³/mol. The molecule has 1 N–H and O–H groups in total. The summed E-state index contributed by atoms with van der Waals surface area (Å²) < 4.78 is 19.4. The van der Waals surface area contributed by atoms with Gasteiger partial charge in [-0.15, -0.1) is 0 Å². The Morgan fingerprint density at radius 3 is 2.62 bits per heavy atom. The standard InChI is InChI=1S/C21H20FN3O3S/c1-25(2)21(27)29-18-10-6-5-9-16(18)24-19(26)11-12-20-23-13-17(28-20)14-7-3-4-8-15(14)22/h3-10,13H,11-12H2,1-2H3,(H,24,26). The third-order valence-corrected chi connectivity index (χ3v) is 5.10. The fourth-order valence-corrected chi connectivity index (χ4v) is 3.24. The van der Waals surface area contributed by atoms with Crippen molar-refractivity contribution in [3.8, 4) is 11.3 Å². The lowest BCUT2D eigenvalue weighted by Crippen LogP contribution is -2.17. The lowest BCUT2D eigenvalue weighted by Gasteiger charge is -2.13. The molecule has 0 spiro atoms. The third-order valence-electron chi connectivity index (χ3n) is 3.98. The zero-order valence-corrected chi connectivity index (χ0v) is 16.8. The lowest BCUT2D eigenvalue weighted by molar-refractivity contribution is -0.116. The number of para-hydroxylation sites is 1. The highest BCUT2D eigenvalue weighted by atomic mass is 32.2. The second-order valence-electron chi connectivity index (χ2n) is 6.40. The molecule has 3 aromatic rings. The monoisotopic (exact) mass is 413 g/mol. The summed E-state index contributed by atoms with van der Waals surface area (Å²) in [4.78, 5) is 30.5. The Morgan fingerprint density at radius 1 is 1.14 bits per heavy atom. The average molecular weight is 413 g/mol. The van der Waals surface area contributed by atoms with Gasteiger partial charge in [0.05, 0.1) is 17.4 Å². The second kappa shape index (κ2) is 9.38. The van der Waals surface area contributed by atoms with Crippen molar-refractivity contribution in [3.05, 3.63) is 66.4 Å². The van der Waals surface area contributed by atoms with Crippen LogP contribution in [0.1, 0.15) is 12.3 Å². The fourth-order valence-electron chi connectivity index (χ4n) is 2.49. The molecule has 6 nitrogen and oxygen atoms in total. The molecular formula is C21H20FN3O3S. The first-order valence-corrected chi connectivity index (χ1v) is 9.73. The molecule has 0 bridgehead atoms. The Kier molecular flexibility index (Phi) is 6.66. The van der Waals surface area contributed by atoms with Gasteiger partial charge < -0.3 is 14.6 Å². The molecule has 2 amide bonds.